The molecule has 0 aromatic heterocycles. The molecule has 2 aromatic rings. The van der Waals surface area contributed by atoms with Crippen LogP contribution in [0.25, 0.3) is 0 Å². The van der Waals surface area contributed by atoms with Gasteiger partial charge in [-0.05, 0) is 37.6 Å². The Kier molecular flexibility index (Phi) is 7.61. The van der Waals surface area contributed by atoms with Crippen molar-refractivity contribution in [3.8, 4) is 23.0 Å². The Morgan fingerprint density at radius 3 is 2.35 bits per heavy atom. The molecule has 2 aromatic carbocycles. The molecule has 0 radical (unpaired) electrons. The monoisotopic (exact) mass is 359 g/mol. The van der Waals surface area contributed by atoms with E-state index in [2.05, 4.69) is 5.32 Å². The molecule has 0 aliphatic heterocycles. The fourth-order valence-corrected chi connectivity index (χ4v) is 2.37. The Morgan fingerprint density at radius 2 is 1.69 bits per heavy atom. The third-order valence-corrected chi connectivity index (χ3v) is 3.64. The lowest BCUT2D eigenvalue weighted by atomic mass is 10.2. The molecule has 1 N–H and O–H groups in total. The minimum Gasteiger partial charge on any atom is -0.497 e. The number of benzene rings is 2. The Bertz CT molecular complexity index is 717. The molecule has 140 valence electrons. The van der Waals surface area contributed by atoms with E-state index in [-0.39, 0.29) is 5.91 Å². The maximum absolute atomic E-state index is 12.1. The average Bonchev–Trinajstić information content (AvgIpc) is 2.67. The molecule has 0 heterocycles. The van der Waals surface area contributed by atoms with E-state index in [1.807, 2.05) is 31.2 Å². The van der Waals surface area contributed by atoms with Gasteiger partial charge < -0.3 is 24.3 Å². The van der Waals surface area contributed by atoms with Crippen molar-refractivity contribution in [1.29, 1.82) is 0 Å². The number of ether oxygens (including phenoxy) is 4. The second-order valence-corrected chi connectivity index (χ2v) is 5.45. The number of methoxy groups -OCH3 is 2. The van der Waals surface area contributed by atoms with Crippen LogP contribution in [-0.2, 0) is 4.79 Å². The molecule has 0 fully saturated rings. The number of hydrogen-bond donors (Lipinski definition) is 1. The average molecular weight is 359 g/mol. The molecule has 1 amide bonds. The first-order valence-electron chi connectivity index (χ1n) is 8.54. The molecule has 0 atom stereocenters. The van der Waals surface area contributed by atoms with Gasteiger partial charge >= 0.3 is 0 Å². The number of carbonyl (C=O) groups excluding carboxylic acids is 1. The summed E-state index contributed by atoms with van der Waals surface area (Å²) in [5.41, 5.74) is 0.612. The first-order valence-corrected chi connectivity index (χ1v) is 8.54. The lowest BCUT2D eigenvalue weighted by molar-refractivity contribution is -0.116. The largest absolute Gasteiger partial charge is 0.497 e. The van der Waals surface area contributed by atoms with Crippen LogP contribution >= 0.6 is 0 Å². The zero-order chi connectivity index (χ0) is 18.8. The molecule has 2 rings (SSSR count). The van der Waals surface area contributed by atoms with Crippen molar-refractivity contribution in [2.75, 3.05) is 32.8 Å². The minimum absolute atomic E-state index is 0.102. The summed E-state index contributed by atoms with van der Waals surface area (Å²) in [6.45, 7) is 2.93. The molecule has 0 saturated carbocycles. The summed E-state index contributed by atoms with van der Waals surface area (Å²) in [5.74, 6) is 2.52. The molecule has 26 heavy (non-hydrogen) atoms. The van der Waals surface area contributed by atoms with Gasteiger partial charge in [-0.3, -0.25) is 4.79 Å². The standard InChI is InChI=1S/C20H25NO5/c1-4-25-17-8-5-6-9-18(17)26-13-7-10-20(22)21-16-12-11-15(23-2)14-19(16)24-3/h5-6,8-9,11-12,14H,4,7,10,13H2,1-3H3,(H,21,22). The summed E-state index contributed by atoms with van der Waals surface area (Å²) in [6.07, 6.45) is 0.927. The smallest absolute Gasteiger partial charge is 0.224 e. The van der Waals surface area contributed by atoms with Crippen molar-refractivity contribution >= 4 is 11.6 Å². The first-order chi connectivity index (χ1) is 12.7. The predicted molar refractivity (Wildman–Crippen MR) is 101 cm³/mol. The van der Waals surface area contributed by atoms with Gasteiger partial charge in [0.1, 0.15) is 11.5 Å². The van der Waals surface area contributed by atoms with Gasteiger partial charge in [0.2, 0.25) is 5.91 Å². The number of amides is 1. The maximum atomic E-state index is 12.1. The van der Waals surface area contributed by atoms with E-state index in [9.17, 15) is 4.79 Å². The minimum atomic E-state index is -0.102. The fourth-order valence-electron chi connectivity index (χ4n) is 2.37. The van der Waals surface area contributed by atoms with Gasteiger partial charge in [0, 0.05) is 12.5 Å². The van der Waals surface area contributed by atoms with Crippen LogP contribution in [0.1, 0.15) is 19.8 Å². The van der Waals surface area contributed by atoms with Crippen molar-refractivity contribution in [2.45, 2.75) is 19.8 Å². The third-order valence-electron chi connectivity index (χ3n) is 3.64. The molecule has 0 bridgehead atoms. The Labute approximate surface area is 154 Å². The molecule has 6 heteroatoms. The molecule has 0 aliphatic carbocycles. The zero-order valence-electron chi connectivity index (χ0n) is 15.4. The molecular weight excluding hydrogens is 334 g/mol. The van der Waals surface area contributed by atoms with Crippen LogP contribution < -0.4 is 24.3 Å². The van der Waals surface area contributed by atoms with E-state index in [0.717, 1.165) is 0 Å². The number of para-hydroxylation sites is 2. The second kappa shape index (κ2) is 10.2. The van der Waals surface area contributed by atoms with Crippen molar-refractivity contribution in [2.24, 2.45) is 0 Å². The van der Waals surface area contributed by atoms with E-state index in [1.165, 1.54) is 0 Å². The lowest BCUT2D eigenvalue weighted by Gasteiger charge is -2.13. The molecule has 0 saturated heterocycles. The highest BCUT2D eigenvalue weighted by atomic mass is 16.5. The first kappa shape index (κ1) is 19.4. The van der Waals surface area contributed by atoms with Gasteiger partial charge in [-0.2, -0.15) is 0 Å². The van der Waals surface area contributed by atoms with Crippen molar-refractivity contribution in [1.82, 2.24) is 0 Å². The van der Waals surface area contributed by atoms with Gasteiger partial charge in [-0.1, -0.05) is 12.1 Å². The SMILES string of the molecule is CCOc1ccccc1OCCCC(=O)Nc1ccc(OC)cc1OC. The molecule has 6 nitrogen and oxygen atoms in total. The lowest BCUT2D eigenvalue weighted by Crippen LogP contribution is -2.13. The summed E-state index contributed by atoms with van der Waals surface area (Å²) in [7, 11) is 3.13. The highest BCUT2D eigenvalue weighted by Gasteiger charge is 2.09. The number of nitrogens with one attached hydrogen (secondary N) is 1. The van der Waals surface area contributed by atoms with Gasteiger partial charge in [0.05, 0.1) is 33.1 Å². The summed E-state index contributed by atoms with van der Waals surface area (Å²) >= 11 is 0. The quantitative estimate of drug-likeness (QED) is 0.652. The molecule has 0 aliphatic rings. The number of carbonyl (C=O) groups is 1. The molecule has 0 spiro atoms. The molecule has 0 unspecified atom stereocenters. The summed E-state index contributed by atoms with van der Waals surface area (Å²) in [5, 5.41) is 2.84. The van der Waals surface area contributed by atoms with Gasteiger partial charge in [-0.15, -0.1) is 0 Å². The van der Waals surface area contributed by atoms with Crippen LogP contribution in [-0.4, -0.2) is 33.3 Å². The van der Waals surface area contributed by atoms with Crippen LogP contribution in [0.15, 0.2) is 42.5 Å². The summed E-state index contributed by atoms with van der Waals surface area (Å²) in [4.78, 5) is 12.1. The normalized spacial score (nSPS) is 10.1. The van der Waals surface area contributed by atoms with Crippen LogP contribution in [0.3, 0.4) is 0 Å². The summed E-state index contributed by atoms with van der Waals surface area (Å²) in [6, 6.07) is 12.8. The maximum Gasteiger partial charge on any atom is 0.224 e. The van der Waals surface area contributed by atoms with E-state index < -0.39 is 0 Å². The Balaban J connectivity index is 1.81. The van der Waals surface area contributed by atoms with E-state index >= 15 is 0 Å². The highest BCUT2D eigenvalue weighted by Crippen LogP contribution is 2.29. The number of hydrogen-bond acceptors (Lipinski definition) is 5. The summed E-state index contributed by atoms with van der Waals surface area (Å²) < 4.78 is 21.7. The third kappa shape index (κ3) is 5.58. The van der Waals surface area contributed by atoms with E-state index in [1.54, 1.807) is 32.4 Å². The van der Waals surface area contributed by atoms with Gasteiger partial charge in [0.25, 0.3) is 0 Å². The number of rotatable bonds is 10. The Hall–Kier alpha value is -2.89. The van der Waals surface area contributed by atoms with Gasteiger partial charge in [0.15, 0.2) is 11.5 Å². The van der Waals surface area contributed by atoms with Crippen LogP contribution in [0, 0.1) is 0 Å². The Morgan fingerprint density at radius 1 is 0.962 bits per heavy atom. The van der Waals surface area contributed by atoms with Crippen LogP contribution in [0.5, 0.6) is 23.0 Å². The van der Waals surface area contributed by atoms with Crippen molar-refractivity contribution in [3.05, 3.63) is 42.5 Å². The topological polar surface area (TPSA) is 66.0 Å². The predicted octanol–water partition coefficient (Wildman–Crippen LogP) is 3.90. The van der Waals surface area contributed by atoms with Crippen molar-refractivity contribution in [3.63, 3.8) is 0 Å². The highest BCUT2D eigenvalue weighted by molar-refractivity contribution is 5.92. The van der Waals surface area contributed by atoms with Crippen LogP contribution in [0.4, 0.5) is 5.69 Å². The van der Waals surface area contributed by atoms with Crippen molar-refractivity contribution < 1.29 is 23.7 Å². The molecular formula is C20H25NO5. The fraction of sp³-hybridized carbons (Fsp3) is 0.350. The number of anilines is 1. The van der Waals surface area contributed by atoms with E-state index in [4.69, 9.17) is 18.9 Å². The second-order valence-electron chi connectivity index (χ2n) is 5.45. The van der Waals surface area contributed by atoms with E-state index in [0.29, 0.717) is 54.7 Å². The van der Waals surface area contributed by atoms with Crippen LogP contribution in [0.2, 0.25) is 0 Å². The van der Waals surface area contributed by atoms with Gasteiger partial charge in [-0.25, -0.2) is 0 Å². The zero-order valence-corrected chi connectivity index (χ0v) is 15.4.